The average molecular weight is 276 g/mol. The molecule has 0 amide bonds. The summed E-state index contributed by atoms with van der Waals surface area (Å²) in [5.41, 5.74) is 0.564. The van der Waals surface area contributed by atoms with E-state index in [1.165, 1.54) is 19.1 Å². The number of carbonyl (C=O) groups excluding carboxylic acids is 1. The lowest BCUT2D eigenvalue weighted by molar-refractivity contribution is 0.106. The Morgan fingerprint density at radius 2 is 2.00 bits per heavy atom. The Morgan fingerprint density at radius 1 is 1.25 bits per heavy atom. The normalized spacial score (nSPS) is 10.8. The van der Waals surface area contributed by atoms with Crippen molar-refractivity contribution in [1.82, 2.24) is 5.01 Å². The molecule has 0 bridgehead atoms. The highest BCUT2D eigenvalue weighted by atomic mass is 16.5. The highest BCUT2D eigenvalue weighted by molar-refractivity contribution is 6.36. The molecule has 0 aliphatic rings. The van der Waals surface area contributed by atoms with Crippen molar-refractivity contribution < 1.29 is 9.53 Å². The van der Waals surface area contributed by atoms with Crippen molar-refractivity contribution in [1.29, 1.82) is 0 Å². The molecule has 0 N–H and O–H groups in total. The number of carbonyl (C=O) groups is 1. The molecule has 0 aliphatic heterocycles. The molecule has 0 fully saturated rings. The predicted molar refractivity (Wildman–Crippen MR) is 82.6 cm³/mol. The summed E-state index contributed by atoms with van der Waals surface area (Å²) in [7, 11) is 3.56. The summed E-state index contributed by atoms with van der Waals surface area (Å²) in [6.07, 6.45) is 5.92. The van der Waals surface area contributed by atoms with Gasteiger partial charge in [-0.05, 0) is 18.6 Å². The Kier molecular flexibility index (Phi) is 7.40. The molecule has 0 saturated carbocycles. The van der Waals surface area contributed by atoms with Gasteiger partial charge in [-0.3, -0.25) is 4.79 Å². The molecular formula is C16H24N2O2. The van der Waals surface area contributed by atoms with Crippen LogP contribution >= 0.6 is 0 Å². The fourth-order valence-electron chi connectivity index (χ4n) is 1.74. The van der Waals surface area contributed by atoms with Crippen LogP contribution in [0.4, 0.5) is 0 Å². The minimum atomic E-state index is -0.136. The minimum Gasteiger partial charge on any atom is -0.493 e. The van der Waals surface area contributed by atoms with Crippen molar-refractivity contribution in [3.8, 4) is 5.75 Å². The van der Waals surface area contributed by atoms with Crippen molar-refractivity contribution in [3.63, 3.8) is 0 Å². The van der Waals surface area contributed by atoms with Gasteiger partial charge < -0.3 is 9.75 Å². The molecule has 4 nitrogen and oxygen atoms in total. The molecule has 1 rings (SSSR count). The van der Waals surface area contributed by atoms with Crippen LogP contribution in [0.25, 0.3) is 0 Å². The maximum absolute atomic E-state index is 12.0. The Labute approximate surface area is 121 Å². The zero-order chi connectivity index (χ0) is 14.8. The van der Waals surface area contributed by atoms with Crippen molar-refractivity contribution in [2.75, 3.05) is 20.7 Å². The maximum atomic E-state index is 12.0. The Bertz CT molecular complexity index is 442. The van der Waals surface area contributed by atoms with E-state index in [1.807, 2.05) is 18.2 Å². The molecule has 0 heterocycles. The summed E-state index contributed by atoms with van der Waals surface area (Å²) in [5.74, 6) is 0.502. The number of benzene rings is 1. The first-order valence-electron chi connectivity index (χ1n) is 7.12. The van der Waals surface area contributed by atoms with Gasteiger partial charge in [-0.25, -0.2) is 0 Å². The fourth-order valence-corrected chi connectivity index (χ4v) is 1.74. The third-order valence-electron chi connectivity index (χ3n) is 2.81. The van der Waals surface area contributed by atoms with Crippen LogP contribution in [0, 0.1) is 0 Å². The topological polar surface area (TPSA) is 41.9 Å². The van der Waals surface area contributed by atoms with Crippen LogP contribution in [0.1, 0.15) is 43.0 Å². The largest absolute Gasteiger partial charge is 0.493 e. The van der Waals surface area contributed by atoms with Crippen molar-refractivity contribution in [2.45, 2.75) is 32.6 Å². The minimum absolute atomic E-state index is 0.136. The molecule has 0 atom stereocenters. The third kappa shape index (κ3) is 5.87. The molecule has 1 aromatic rings. The van der Waals surface area contributed by atoms with Crippen LogP contribution in [0.5, 0.6) is 5.75 Å². The van der Waals surface area contributed by atoms with Crippen LogP contribution < -0.4 is 4.74 Å². The molecule has 4 heteroatoms. The van der Waals surface area contributed by atoms with Gasteiger partial charge in [0.2, 0.25) is 5.78 Å². The first kappa shape index (κ1) is 16.2. The summed E-state index contributed by atoms with van der Waals surface area (Å²) < 4.78 is 5.72. The number of hydrazone groups is 1. The molecule has 110 valence electrons. The average Bonchev–Trinajstić information content (AvgIpc) is 2.45. The Balaban J connectivity index is 2.61. The van der Waals surface area contributed by atoms with Crippen LogP contribution in [-0.2, 0) is 0 Å². The van der Waals surface area contributed by atoms with Crippen molar-refractivity contribution in [2.24, 2.45) is 5.10 Å². The number of hydrogen-bond donors (Lipinski definition) is 0. The smallest absolute Gasteiger partial charge is 0.209 e. The van der Waals surface area contributed by atoms with Gasteiger partial charge in [-0.1, -0.05) is 38.3 Å². The summed E-state index contributed by atoms with van der Waals surface area (Å²) >= 11 is 0. The standard InChI is InChI=1S/C16H24N2O2/c1-4-5-6-9-12-20-16-11-8-7-10-14(16)15(19)13-17-18(2)3/h7-8,10-11,13H,4-6,9,12H2,1-3H3/b17-13+. The predicted octanol–water partition coefficient (Wildman–Crippen LogP) is 3.38. The monoisotopic (exact) mass is 276 g/mol. The van der Waals surface area contributed by atoms with E-state index >= 15 is 0 Å². The van der Waals surface area contributed by atoms with Gasteiger partial charge in [0.1, 0.15) is 5.75 Å². The van der Waals surface area contributed by atoms with Gasteiger partial charge >= 0.3 is 0 Å². The highest BCUT2D eigenvalue weighted by Crippen LogP contribution is 2.18. The number of Topliss-reactive ketones (excluding diaryl/α,β-unsaturated/α-hetero) is 1. The molecule has 0 aliphatic carbocycles. The fraction of sp³-hybridized carbons (Fsp3) is 0.500. The first-order valence-corrected chi connectivity index (χ1v) is 7.12. The second-order valence-corrected chi connectivity index (χ2v) is 4.86. The van der Waals surface area contributed by atoms with E-state index in [9.17, 15) is 4.79 Å². The number of nitrogens with zero attached hydrogens (tertiary/aromatic N) is 2. The van der Waals surface area contributed by atoms with E-state index in [1.54, 1.807) is 25.2 Å². The lowest BCUT2D eigenvalue weighted by atomic mass is 10.1. The number of ketones is 1. The van der Waals surface area contributed by atoms with E-state index in [4.69, 9.17) is 4.74 Å². The molecule has 0 aromatic heterocycles. The molecule has 20 heavy (non-hydrogen) atoms. The quantitative estimate of drug-likeness (QED) is 0.300. The first-order chi connectivity index (χ1) is 9.65. The van der Waals surface area contributed by atoms with Gasteiger partial charge in [0.25, 0.3) is 0 Å². The number of rotatable bonds is 9. The molecule has 0 unspecified atom stereocenters. The van der Waals surface area contributed by atoms with Gasteiger partial charge in [0.05, 0.1) is 18.4 Å². The van der Waals surface area contributed by atoms with Crippen LogP contribution in [0.15, 0.2) is 29.4 Å². The molecule has 0 saturated heterocycles. The summed E-state index contributed by atoms with van der Waals surface area (Å²) in [6.45, 7) is 2.83. The molecule has 0 radical (unpaired) electrons. The zero-order valence-electron chi connectivity index (χ0n) is 12.6. The van der Waals surface area contributed by atoms with Gasteiger partial charge in [-0.2, -0.15) is 5.10 Å². The van der Waals surface area contributed by atoms with E-state index < -0.39 is 0 Å². The number of para-hydroxylation sites is 1. The zero-order valence-corrected chi connectivity index (χ0v) is 12.6. The second kappa shape index (κ2) is 9.13. The van der Waals surface area contributed by atoms with Crippen LogP contribution in [0.2, 0.25) is 0 Å². The third-order valence-corrected chi connectivity index (χ3v) is 2.81. The lowest BCUT2D eigenvalue weighted by Gasteiger charge is -2.09. The van der Waals surface area contributed by atoms with Crippen molar-refractivity contribution >= 4 is 12.0 Å². The molecule has 0 spiro atoms. The Morgan fingerprint density at radius 3 is 2.70 bits per heavy atom. The van der Waals surface area contributed by atoms with Crippen LogP contribution in [-0.4, -0.2) is 37.7 Å². The number of ether oxygens (including phenoxy) is 1. The van der Waals surface area contributed by atoms with E-state index in [2.05, 4.69) is 12.0 Å². The van der Waals surface area contributed by atoms with E-state index in [0.717, 1.165) is 12.8 Å². The van der Waals surface area contributed by atoms with Gasteiger partial charge in [0, 0.05) is 14.1 Å². The number of unbranched alkanes of at least 4 members (excludes halogenated alkanes) is 3. The van der Waals surface area contributed by atoms with E-state index in [-0.39, 0.29) is 5.78 Å². The van der Waals surface area contributed by atoms with Crippen molar-refractivity contribution in [3.05, 3.63) is 29.8 Å². The summed E-state index contributed by atoms with van der Waals surface area (Å²) in [4.78, 5) is 12.0. The molecule has 1 aromatic carbocycles. The maximum Gasteiger partial charge on any atom is 0.209 e. The van der Waals surface area contributed by atoms with Crippen LogP contribution in [0.3, 0.4) is 0 Å². The summed E-state index contributed by atoms with van der Waals surface area (Å²) in [5, 5.41) is 5.56. The van der Waals surface area contributed by atoms with Gasteiger partial charge in [0.15, 0.2) is 0 Å². The summed E-state index contributed by atoms with van der Waals surface area (Å²) in [6, 6.07) is 7.31. The molecular weight excluding hydrogens is 252 g/mol. The highest BCUT2D eigenvalue weighted by Gasteiger charge is 2.10. The van der Waals surface area contributed by atoms with Gasteiger partial charge in [-0.15, -0.1) is 0 Å². The second-order valence-electron chi connectivity index (χ2n) is 4.86. The number of hydrogen-bond acceptors (Lipinski definition) is 4. The Hall–Kier alpha value is -1.84. The SMILES string of the molecule is CCCCCCOc1ccccc1C(=O)/C=N/N(C)C. The lowest BCUT2D eigenvalue weighted by Crippen LogP contribution is -2.09. The van der Waals surface area contributed by atoms with E-state index in [0.29, 0.717) is 17.9 Å².